The number of hydrogen-bond donors (Lipinski definition) is 1. The topological polar surface area (TPSA) is 42.2 Å². The van der Waals surface area contributed by atoms with E-state index in [0.29, 0.717) is 6.54 Å². The quantitative estimate of drug-likeness (QED) is 0.482. The monoisotopic (exact) mass is 388 g/mol. The third-order valence-electron chi connectivity index (χ3n) is 4.76. The van der Waals surface area contributed by atoms with E-state index >= 15 is 0 Å². The first-order chi connectivity index (χ1) is 13.7. The Balaban J connectivity index is 1.49. The Morgan fingerprint density at radius 3 is 2.43 bits per heavy atom. The van der Waals surface area contributed by atoms with E-state index < -0.39 is 0 Å². The van der Waals surface area contributed by atoms with Gasteiger partial charge in [0.2, 0.25) is 0 Å². The maximum Gasteiger partial charge on any atom is 0.156 e. The predicted octanol–water partition coefficient (Wildman–Crippen LogP) is 5.37. The van der Waals surface area contributed by atoms with Crippen LogP contribution in [0.2, 0.25) is 5.02 Å². The summed E-state index contributed by atoms with van der Waals surface area (Å²) in [6.45, 7) is 7.03. The lowest BCUT2D eigenvalue weighted by molar-refractivity contribution is 0.875. The Bertz CT molecular complexity index is 1110. The molecule has 0 saturated carbocycles. The number of benzene rings is 2. The molecule has 4 aromatic rings. The summed E-state index contributed by atoms with van der Waals surface area (Å²) in [6, 6.07) is 16.4. The second kappa shape index (κ2) is 7.87. The highest BCUT2D eigenvalue weighted by Gasteiger charge is 2.13. The fraction of sp³-hybridized carbons (Fsp3) is 0.130. The van der Waals surface area contributed by atoms with Crippen LogP contribution in [0.25, 0.3) is 22.5 Å². The normalized spacial score (nSPS) is 10.9. The molecule has 0 saturated heterocycles. The first-order valence-corrected chi connectivity index (χ1v) is 9.62. The third kappa shape index (κ3) is 3.64. The molecule has 2 heterocycles. The van der Waals surface area contributed by atoms with Crippen LogP contribution >= 0.6 is 11.6 Å². The van der Waals surface area contributed by atoms with Crippen LogP contribution in [0, 0.1) is 0 Å². The lowest BCUT2D eigenvalue weighted by Crippen LogP contribution is -2.13. The minimum Gasteiger partial charge on any atom is -0.380 e. The summed E-state index contributed by atoms with van der Waals surface area (Å²) in [7, 11) is 0. The Hall–Kier alpha value is -3.11. The van der Waals surface area contributed by atoms with E-state index in [1.807, 2.05) is 34.9 Å². The van der Waals surface area contributed by atoms with Crippen molar-refractivity contribution in [3.8, 4) is 11.1 Å². The van der Waals surface area contributed by atoms with Gasteiger partial charge in [-0.2, -0.15) is 0 Å². The molecule has 0 atom stereocenters. The highest BCUT2D eigenvalue weighted by Crippen LogP contribution is 2.23. The van der Waals surface area contributed by atoms with E-state index in [1.165, 1.54) is 11.1 Å². The average molecular weight is 389 g/mol. The smallest absolute Gasteiger partial charge is 0.156 e. The van der Waals surface area contributed by atoms with Crippen molar-refractivity contribution in [3.63, 3.8) is 0 Å². The van der Waals surface area contributed by atoms with Gasteiger partial charge < -0.3 is 5.32 Å². The summed E-state index contributed by atoms with van der Waals surface area (Å²) in [4.78, 5) is 8.80. The Morgan fingerprint density at radius 1 is 1.07 bits per heavy atom. The SMILES string of the molecule is C=C(NCc1ccc(-c2ccc(Cl)cc2)cc1)c1c(CC)nc2cnccn12. The fourth-order valence-corrected chi connectivity index (χ4v) is 3.40. The fourth-order valence-electron chi connectivity index (χ4n) is 3.27. The van der Waals surface area contributed by atoms with Gasteiger partial charge in [0.25, 0.3) is 0 Å². The zero-order valence-corrected chi connectivity index (χ0v) is 16.4. The van der Waals surface area contributed by atoms with Gasteiger partial charge in [0.15, 0.2) is 5.65 Å². The summed E-state index contributed by atoms with van der Waals surface area (Å²) in [5.41, 5.74) is 7.23. The minimum atomic E-state index is 0.696. The molecule has 0 spiro atoms. The van der Waals surface area contributed by atoms with Gasteiger partial charge >= 0.3 is 0 Å². The molecule has 0 fully saturated rings. The molecule has 0 aliphatic rings. The molecular formula is C23H21ClN4. The van der Waals surface area contributed by atoms with Gasteiger partial charge in [-0.05, 0) is 35.2 Å². The lowest BCUT2D eigenvalue weighted by atomic mass is 10.0. The van der Waals surface area contributed by atoms with E-state index in [9.17, 15) is 0 Å². The molecule has 28 heavy (non-hydrogen) atoms. The van der Waals surface area contributed by atoms with Gasteiger partial charge in [-0.15, -0.1) is 0 Å². The maximum absolute atomic E-state index is 5.97. The van der Waals surface area contributed by atoms with Gasteiger partial charge in [0.05, 0.1) is 23.3 Å². The standard InChI is InChI=1S/C23H21ClN4/c1-3-21-23(28-13-12-25-15-22(28)27-21)16(2)26-14-17-4-6-18(7-5-17)19-8-10-20(24)11-9-19/h4-13,15,26H,2-3,14H2,1H3. The molecule has 4 nitrogen and oxygen atoms in total. The number of rotatable bonds is 6. The third-order valence-corrected chi connectivity index (χ3v) is 5.01. The van der Waals surface area contributed by atoms with Crippen molar-refractivity contribution in [2.24, 2.45) is 0 Å². The Labute approximate surface area is 169 Å². The van der Waals surface area contributed by atoms with Crippen molar-refractivity contribution in [2.45, 2.75) is 19.9 Å². The first kappa shape index (κ1) is 18.3. The largest absolute Gasteiger partial charge is 0.380 e. The molecule has 2 aromatic heterocycles. The van der Waals surface area contributed by atoms with Gasteiger partial charge in [0, 0.05) is 24.0 Å². The zero-order valence-electron chi connectivity index (χ0n) is 15.7. The molecule has 0 radical (unpaired) electrons. The van der Waals surface area contributed by atoms with Crippen LogP contribution in [0.5, 0.6) is 0 Å². The van der Waals surface area contributed by atoms with Crippen LogP contribution in [0.1, 0.15) is 23.9 Å². The molecule has 2 aromatic carbocycles. The molecule has 4 rings (SSSR count). The summed E-state index contributed by atoms with van der Waals surface area (Å²) in [5.74, 6) is 0. The summed E-state index contributed by atoms with van der Waals surface area (Å²) in [6.07, 6.45) is 6.30. The van der Waals surface area contributed by atoms with Crippen molar-refractivity contribution < 1.29 is 0 Å². The molecule has 1 N–H and O–H groups in total. The van der Waals surface area contributed by atoms with Gasteiger partial charge in [-0.25, -0.2) is 4.98 Å². The van der Waals surface area contributed by atoms with Gasteiger partial charge in [-0.1, -0.05) is 61.5 Å². The average Bonchev–Trinajstić information content (AvgIpc) is 3.12. The van der Waals surface area contributed by atoms with E-state index in [0.717, 1.165) is 39.7 Å². The molecule has 0 aliphatic carbocycles. The summed E-state index contributed by atoms with van der Waals surface area (Å²) >= 11 is 5.97. The van der Waals surface area contributed by atoms with Gasteiger partial charge in [-0.3, -0.25) is 9.38 Å². The highest BCUT2D eigenvalue weighted by molar-refractivity contribution is 6.30. The number of aromatic nitrogens is 3. The second-order valence-corrected chi connectivity index (χ2v) is 7.04. The van der Waals surface area contributed by atoms with Gasteiger partial charge in [0.1, 0.15) is 0 Å². The number of imidazole rings is 1. The van der Waals surface area contributed by atoms with Crippen LogP contribution in [0.3, 0.4) is 0 Å². The Morgan fingerprint density at radius 2 is 1.75 bits per heavy atom. The summed E-state index contributed by atoms with van der Waals surface area (Å²) in [5, 5.41) is 4.19. The van der Waals surface area contributed by atoms with Crippen molar-refractivity contribution >= 4 is 22.9 Å². The van der Waals surface area contributed by atoms with E-state index in [2.05, 4.69) is 53.1 Å². The van der Waals surface area contributed by atoms with Crippen molar-refractivity contribution in [2.75, 3.05) is 0 Å². The van der Waals surface area contributed by atoms with Crippen LogP contribution in [-0.4, -0.2) is 14.4 Å². The molecule has 5 heteroatoms. The number of aryl methyl sites for hydroxylation is 1. The van der Waals surface area contributed by atoms with Crippen LogP contribution in [0.4, 0.5) is 0 Å². The molecule has 0 bridgehead atoms. The lowest BCUT2D eigenvalue weighted by Gasteiger charge is -2.12. The van der Waals surface area contributed by atoms with Crippen LogP contribution in [-0.2, 0) is 13.0 Å². The highest BCUT2D eigenvalue weighted by atomic mass is 35.5. The van der Waals surface area contributed by atoms with Crippen molar-refractivity contribution in [1.82, 2.24) is 19.7 Å². The van der Waals surface area contributed by atoms with E-state index in [1.54, 1.807) is 12.4 Å². The predicted molar refractivity (Wildman–Crippen MR) is 115 cm³/mol. The van der Waals surface area contributed by atoms with E-state index in [-0.39, 0.29) is 0 Å². The van der Waals surface area contributed by atoms with Crippen LogP contribution in [0.15, 0.2) is 73.7 Å². The molecule has 140 valence electrons. The van der Waals surface area contributed by atoms with Crippen molar-refractivity contribution in [3.05, 3.63) is 95.7 Å². The second-order valence-electron chi connectivity index (χ2n) is 6.60. The molecule has 0 aliphatic heterocycles. The molecular weight excluding hydrogens is 368 g/mol. The Kier molecular flexibility index (Phi) is 5.13. The number of hydrogen-bond acceptors (Lipinski definition) is 3. The van der Waals surface area contributed by atoms with Crippen molar-refractivity contribution in [1.29, 1.82) is 0 Å². The minimum absolute atomic E-state index is 0.696. The summed E-state index contributed by atoms with van der Waals surface area (Å²) < 4.78 is 2.03. The maximum atomic E-state index is 5.97. The number of fused-ring (bicyclic) bond motifs is 1. The number of nitrogens with one attached hydrogen (secondary N) is 1. The molecule has 0 amide bonds. The number of nitrogens with zero attached hydrogens (tertiary/aromatic N) is 3. The zero-order chi connectivity index (χ0) is 19.5. The first-order valence-electron chi connectivity index (χ1n) is 9.24. The van der Waals surface area contributed by atoms with E-state index in [4.69, 9.17) is 11.6 Å². The molecule has 0 unspecified atom stereocenters. The number of halogens is 1. The van der Waals surface area contributed by atoms with Crippen LogP contribution < -0.4 is 5.32 Å².